The Kier molecular flexibility index (Phi) is 5.17. The van der Waals surface area contributed by atoms with Crippen LogP contribution < -0.4 is 4.74 Å². The predicted molar refractivity (Wildman–Crippen MR) is 98.1 cm³/mol. The summed E-state index contributed by atoms with van der Waals surface area (Å²) < 4.78 is 16.3. The minimum absolute atomic E-state index is 0.534. The second-order valence-corrected chi connectivity index (χ2v) is 6.72. The first-order valence-corrected chi connectivity index (χ1v) is 9.03. The van der Waals surface area contributed by atoms with E-state index in [1.165, 1.54) is 0 Å². The van der Waals surface area contributed by atoms with E-state index in [-0.39, 0.29) is 0 Å². The molecular weight excluding hydrogens is 346 g/mol. The van der Waals surface area contributed by atoms with E-state index in [4.69, 9.17) is 13.7 Å². The average molecular weight is 369 g/mol. The average Bonchev–Trinajstić information content (AvgIpc) is 3.32. The highest BCUT2D eigenvalue weighted by atomic mass is 16.5. The molecule has 0 saturated carbocycles. The molecule has 1 saturated heterocycles. The summed E-state index contributed by atoms with van der Waals surface area (Å²) in [5, 5.41) is 12.3. The molecule has 0 radical (unpaired) electrons. The van der Waals surface area contributed by atoms with Crippen LogP contribution in [0, 0.1) is 6.92 Å². The second kappa shape index (κ2) is 7.89. The van der Waals surface area contributed by atoms with Gasteiger partial charge in [0.05, 0.1) is 25.9 Å². The zero-order valence-electron chi connectivity index (χ0n) is 15.6. The standard InChI is InChI=1S/C19H23N5O3/c1-14-11-17(27-22-14)12-23-7-9-24(10-8-23)13-18-20-21-19(26-18)15-3-5-16(25-2)6-4-15/h3-6,11H,7-10,12-13H2,1-2H3. The molecule has 8 heteroatoms. The Labute approximate surface area is 157 Å². The molecule has 8 nitrogen and oxygen atoms in total. The van der Waals surface area contributed by atoms with Crippen LogP contribution in [-0.4, -0.2) is 58.4 Å². The number of hydrogen-bond donors (Lipinski definition) is 0. The number of aryl methyl sites for hydroxylation is 1. The number of aromatic nitrogens is 3. The largest absolute Gasteiger partial charge is 0.497 e. The summed E-state index contributed by atoms with van der Waals surface area (Å²) in [7, 11) is 1.64. The molecule has 0 N–H and O–H groups in total. The Morgan fingerprint density at radius 2 is 1.70 bits per heavy atom. The lowest BCUT2D eigenvalue weighted by molar-refractivity contribution is 0.107. The molecule has 142 valence electrons. The van der Waals surface area contributed by atoms with Crippen molar-refractivity contribution >= 4 is 0 Å². The molecule has 1 aliphatic rings. The number of hydrogen-bond acceptors (Lipinski definition) is 8. The monoisotopic (exact) mass is 369 g/mol. The lowest BCUT2D eigenvalue weighted by Gasteiger charge is -2.33. The van der Waals surface area contributed by atoms with Crippen molar-refractivity contribution in [3.8, 4) is 17.2 Å². The second-order valence-electron chi connectivity index (χ2n) is 6.72. The number of rotatable bonds is 6. The van der Waals surface area contributed by atoms with Crippen molar-refractivity contribution < 1.29 is 13.7 Å². The maximum atomic E-state index is 5.83. The lowest BCUT2D eigenvalue weighted by Crippen LogP contribution is -2.45. The van der Waals surface area contributed by atoms with Crippen molar-refractivity contribution in [3.63, 3.8) is 0 Å². The Balaban J connectivity index is 1.29. The Bertz CT molecular complexity index is 866. The number of methoxy groups -OCH3 is 1. The van der Waals surface area contributed by atoms with Gasteiger partial charge >= 0.3 is 0 Å². The van der Waals surface area contributed by atoms with Crippen LogP contribution in [0.3, 0.4) is 0 Å². The molecule has 3 aromatic rings. The Morgan fingerprint density at radius 3 is 2.33 bits per heavy atom. The fraction of sp³-hybridized carbons (Fsp3) is 0.421. The van der Waals surface area contributed by atoms with E-state index < -0.39 is 0 Å². The van der Waals surface area contributed by atoms with Gasteiger partial charge in [-0.3, -0.25) is 9.80 Å². The lowest BCUT2D eigenvalue weighted by atomic mass is 10.2. The van der Waals surface area contributed by atoms with Crippen molar-refractivity contribution in [2.24, 2.45) is 0 Å². The summed E-state index contributed by atoms with van der Waals surface area (Å²) in [5.74, 6) is 2.89. The van der Waals surface area contributed by atoms with Gasteiger partial charge in [-0.15, -0.1) is 10.2 Å². The summed E-state index contributed by atoms with van der Waals surface area (Å²) in [6, 6.07) is 9.59. The van der Waals surface area contributed by atoms with E-state index in [9.17, 15) is 0 Å². The summed E-state index contributed by atoms with van der Waals surface area (Å²) in [4.78, 5) is 4.69. The van der Waals surface area contributed by atoms with Crippen molar-refractivity contribution in [2.75, 3.05) is 33.3 Å². The Hall–Kier alpha value is -2.71. The smallest absolute Gasteiger partial charge is 0.247 e. The topological polar surface area (TPSA) is 80.7 Å². The predicted octanol–water partition coefficient (Wildman–Crippen LogP) is 2.36. The van der Waals surface area contributed by atoms with Gasteiger partial charge in [0.1, 0.15) is 5.75 Å². The number of nitrogens with zero attached hydrogens (tertiary/aromatic N) is 5. The highest BCUT2D eigenvalue weighted by Gasteiger charge is 2.20. The third kappa shape index (κ3) is 4.35. The molecule has 2 aromatic heterocycles. The molecule has 4 rings (SSSR count). The van der Waals surface area contributed by atoms with Gasteiger partial charge in [0.25, 0.3) is 0 Å². The minimum atomic E-state index is 0.534. The molecule has 3 heterocycles. The van der Waals surface area contributed by atoms with Crippen LogP contribution in [0.5, 0.6) is 5.75 Å². The molecule has 0 aliphatic carbocycles. The van der Waals surface area contributed by atoms with Crippen LogP contribution in [0.25, 0.3) is 11.5 Å². The summed E-state index contributed by atoms with van der Waals surface area (Å²) >= 11 is 0. The van der Waals surface area contributed by atoms with Crippen LogP contribution in [0.2, 0.25) is 0 Å². The summed E-state index contributed by atoms with van der Waals surface area (Å²) in [6.07, 6.45) is 0. The molecule has 0 spiro atoms. The van der Waals surface area contributed by atoms with Crippen molar-refractivity contribution in [1.29, 1.82) is 0 Å². The van der Waals surface area contributed by atoms with E-state index in [1.807, 2.05) is 37.3 Å². The number of benzene rings is 1. The third-order valence-corrected chi connectivity index (χ3v) is 4.68. The quantitative estimate of drug-likeness (QED) is 0.655. The first-order valence-electron chi connectivity index (χ1n) is 9.03. The summed E-state index contributed by atoms with van der Waals surface area (Å²) in [5.41, 5.74) is 1.81. The van der Waals surface area contributed by atoms with E-state index >= 15 is 0 Å². The zero-order chi connectivity index (χ0) is 18.6. The van der Waals surface area contributed by atoms with Gasteiger partial charge in [-0.05, 0) is 31.2 Å². The van der Waals surface area contributed by atoms with E-state index in [0.717, 1.165) is 55.5 Å². The summed E-state index contributed by atoms with van der Waals surface area (Å²) in [6.45, 7) is 7.25. The molecule has 1 aliphatic heterocycles. The van der Waals surface area contributed by atoms with Crippen molar-refractivity contribution in [3.05, 3.63) is 47.7 Å². The van der Waals surface area contributed by atoms with Gasteiger partial charge in [0, 0.05) is 37.8 Å². The fourth-order valence-corrected chi connectivity index (χ4v) is 3.18. The third-order valence-electron chi connectivity index (χ3n) is 4.68. The van der Waals surface area contributed by atoms with E-state index in [0.29, 0.717) is 18.3 Å². The van der Waals surface area contributed by atoms with Gasteiger partial charge < -0.3 is 13.7 Å². The van der Waals surface area contributed by atoms with Gasteiger partial charge in [0.15, 0.2) is 5.76 Å². The zero-order valence-corrected chi connectivity index (χ0v) is 15.6. The maximum absolute atomic E-state index is 5.83. The Morgan fingerprint density at radius 1 is 1.00 bits per heavy atom. The SMILES string of the molecule is COc1ccc(-c2nnc(CN3CCN(Cc4cc(C)no4)CC3)o2)cc1. The molecule has 0 amide bonds. The number of piperazine rings is 1. The molecule has 0 atom stereocenters. The first-order chi connectivity index (χ1) is 13.2. The van der Waals surface area contributed by atoms with E-state index in [1.54, 1.807) is 7.11 Å². The van der Waals surface area contributed by atoms with E-state index in [2.05, 4.69) is 25.2 Å². The molecule has 0 bridgehead atoms. The van der Waals surface area contributed by atoms with Crippen LogP contribution in [0.1, 0.15) is 17.3 Å². The highest BCUT2D eigenvalue weighted by Crippen LogP contribution is 2.21. The molecule has 27 heavy (non-hydrogen) atoms. The van der Waals surface area contributed by atoms with Crippen LogP contribution in [0.4, 0.5) is 0 Å². The molecule has 1 fully saturated rings. The van der Waals surface area contributed by atoms with Gasteiger partial charge in [0.2, 0.25) is 11.8 Å². The minimum Gasteiger partial charge on any atom is -0.497 e. The molecular formula is C19H23N5O3. The van der Waals surface area contributed by atoms with Crippen molar-refractivity contribution in [2.45, 2.75) is 20.0 Å². The van der Waals surface area contributed by atoms with Gasteiger partial charge in [-0.2, -0.15) is 0 Å². The van der Waals surface area contributed by atoms with Crippen LogP contribution >= 0.6 is 0 Å². The fourth-order valence-electron chi connectivity index (χ4n) is 3.18. The highest BCUT2D eigenvalue weighted by molar-refractivity contribution is 5.53. The van der Waals surface area contributed by atoms with Crippen LogP contribution in [-0.2, 0) is 13.1 Å². The number of ether oxygens (including phenoxy) is 1. The molecule has 0 unspecified atom stereocenters. The van der Waals surface area contributed by atoms with Gasteiger partial charge in [-0.25, -0.2) is 0 Å². The van der Waals surface area contributed by atoms with Crippen molar-refractivity contribution in [1.82, 2.24) is 25.2 Å². The molecule has 1 aromatic carbocycles. The maximum Gasteiger partial charge on any atom is 0.247 e. The normalized spacial score (nSPS) is 15.9. The first kappa shape index (κ1) is 17.7. The van der Waals surface area contributed by atoms with Crippen LogP contribution in [0.15, 0.2) is 39.3 Å². The van der Waals surface area contributed by atoms with Gasteiger partial charge in [-0.1, -0.05) is 5.16 Å².